The Hall–Kier alpha value is -2.13. The van der Waals surface area contributed by atoms with Gasteiger partial charge in [0.25, 0.3) is 0 Å². The Morgan fingerprint density at radius 1 is 1.04 bits per heavy atom. The van der Waals surface area contributed by atoms with E-state index in [0.29, 0.717) is 6.54 Å². The van der Waals surface area contributed by atoms with Gasteiger partial charge in [-0.05, 0) is 50.9 Å². The van der Waals surface area contributed by atoms with Crippen LogP contribution >= 0.6 is 0 Å². The molecular formula is C20H26N2O. The molecule has 0 heterocycles. The number of anilines is 1. The molecule has 0 aliphatic heterocycles. The first-order chi connectivity index (χ1) is 11.0. The summed E-state index contributed by atoms with van der Waals surface area (Å²) in [7, 11) is 1.98. The molecule has 2 rings (SSSR count). The van der Waals surface area contributed by atoms with Crippen LogP contribution in [0.3, 0.4) is 0 Å². The lowest BCUT2D eigenvalue weighted by Gasteiger charge is -2.18. The maximum atomic E-state index is 12.3. The number of hydrogen-bond donors (Lipinski definition) is 1. The molecule has 0 aliphatic carbocycles. The number of carbonyl (C=O) groups is 1. The summed E-state index contributed by atoms with van der Waals surface area (Å²) in [5, 5.41) is 3.05. The van der Waals surface area contributed by atoms with Gasteiger partial charge in [0, 0.05) is 12.2 Å². The van der Waals surface area contributed by atoms with Gasteiger partial charge in [0.2, 0.25) is 5.91 Å². The second-order valence-corrected chi connectivity index (χ2v) is 6.30. The summed E-state index contributed by atoms with van der Waals surface area (Å²) in [6.45, 7) is 7.41. The molecule has 0 unspecified atom stereocenters. The van der Waals surface area contributed by atoms with Gasteiger partial charge in [0.15, 0.2) is 0 Å². The Kier molecular flexibility index (Phi) is 5.94. The van der Waals surface area contributed by atoms with Gasteiger partial charge in [-0.3, -0.25) is 9.69 Å². The predicted molar refractivity (Wildman–Crippen MR) is 96.9 cm³/mol. The van der Waals surface area contributed by atoms with Crippen LogP contribution < -0.4 is 5.32 Å². The maximum absolute atomic E-state index is 12.3. The monoisotopic (exact) mass is 310 g/mol. The highest BCUT2D eigenvalue weighted by Gasteiger charge is 2.10. The van der Waals surface area contributed by atoms with Crippen LogP contribution in [0.2, 0.25) is 0 Å². The Labute approximate surface area is 139 Å². The van der Waals surface area contributed by atoms with Gasteiger partial charge in [0.1, 0.15) is 0 Å². The lowest BCUT2D eigenvalue weighted by atomic mass is 10.1. The normalized spacial score (nSPS) is 10.8. The first-order valence-corrected chi connectivity index (χ1v) is 8.06. The highest BCUT2D eigenvalue weighted by molar-refractivity contribution is 5.93. The van der Waals surface area contributed by atoms with E-state index in [1.54, 1.807) is 0 Å². The van der Waals surface area contributed by atoms with Crippen molar-refractivity contribution in [1.29, 1.82) is 0 Å². The topological polar surface area (TPSA) is 32.3 Å². The van der Waals surface area contributed by atoms with Gasteiger partial charge < -0.3 is 5.32 Å². The Bertz CT molecular complexity index is 642. The van der Waals surface area contributed by atoms with Crippen LogP contribution in [-0.2, 0) is 11.2 Å². The van der Waals surface area contributed by atoms with Crippen LogP contribution in [0, 0.1) is 20.8 Å². The predicted octanol–water partition coefficient (Wildman–Crippen LogP) is 3.72. The standard InChI is InChI=1S/C20H26N2O/c1-15-12-16(2)20(17(3)13-15)21-19(23)14-22(4)11-10-18-8-6-5-7-9-18/h5-9,12-13H,10-11,14H2,1-4H3,(H,21,23). The number of amides is 1. The molecule has 3 nitrogen and oxygen atoms in total. The molecule has 3 heteroatoms. The second kappa shape index (κ2) is 7.93. The minimum absolute atomic E-state index is 0.0376. The summed E-state index contributed by atoms with van der Waals surface area (Å²) < 4.78 is 0. The lowest BCUT2D eigenvalue weighted by molar-refractivity contribution is -0.117. The van der Waals surface area contributed by atoms with Crippen LogP contribution in [-0.4, -0.2) is 30.9 Å². The van der Waals surface area contributed by atoms with Crippen molar-refractivity contribution < 1.29 is 4.79 Å². The summed E-state index contributed by atoms with van der Waals surface area (Å²) in [5.41, 5.74) is 5.69. The Morgan fingerprint density at radius 3 is 2.26 bits per heavy atom. The number of hydrogen-bond acceptors (Lipinski definition) is 2. The van der Waals surface area contributed by atoms with Crippen molar-refractivity contribution in [2.45, 2.75) is 27.2 Å². The molecule has 122 valence electrons. The number of nitrogens with zero attached hydrogens (tertiary/aromatic N) is 1. The molecule has 0 aliphatic rings. The molecule has 0 radical (unpaired) electrons. The fourth-order valence-corrected chi connectivity index (χ4v) is 2.84. The van der Waals surface area contributed by atoms with E-state index in [0.717, 1.165) is 29.8 Å². The van der Waals surface area contributed by atoms with E-state index in [-0.39, 0.29) is 5.91 Å². The summed E-state index contributed by atoms with van der Waals surface area (Å²) >= 11 is 0. The van der Waals surface area contributed by atoms with E-state index in [9.17, 15) is 4.79 Å². The van der Waals surface area contributed by atoms with Gasteiger partial charge in [-0.2, -0.15) is 0 Å². The number of nitrogens with one attached hydrogen (secondary N) is 1. The van der Waals surface area contributed by atoms with Crippen LogP contribution in [0.5, 0.6) is 0 Å². The van der Waals surface area contributed by atoms with Crippen molar-refractivity contribution in [3.05, 3.63) is 64.7 Å². The molecule has 0 fully saturated rings. The Morgan fingerprint density at radius 2 is 1.65 bits per heavy atom. The molecule has 1 N–H and O–H groups in total. The molecule has 0 bridgehead atoms. The van der Waals surface area contributed by atoms with E-state index >= 15 is 0 Å². The van der Waals surface area contributed by atoms with Crippen LogP contribution in [0.4, 0.5) is 5.69 Å². The number of benzene rings is 2. The fourth-order valence-electron chi connectivity index (χ4n) is 2.84. The first-order valence-electron chi connectivity index (χ1n) is 8.06. The Balaban J connectivity index is 1.87. The quantitative estimate of drug-likeness (QED) is 0.882. The van der Waals surface area contributed by atoms with Crippen molar-refractivity contribution in [3.63, 3.8) is 0 Å². The highest BCUT2D eigenvalue weighted by atomic mass is 16.2. The summed E-state index contributed by atoms with van der Waals surface area (Å²) in [6, 6.07) is 14.5. The van der Waals surface area contributed by atoms with Gasteiger partial charge in [0.05, 0.1) is 6.54 Å². The molecule has 1 amide bonds. The van der Waals surface area contributed by atoms with Gasteiger partial charge >= 0.3 is 0 Å². The smallest absolute Gasteiger partial charge is 0.238 e. The zero-order valence-corrected chi connectivity index (χ0v) is 14.5. The highest BCUT2D eigenvalue weighted by Crippen LogP contribution is 2.21. The van der Waals surface area contributed by atoms with Gasteiger partial charge in [-0.15, -0.1) is 0 Å². The van der Waals surface area contributed by atoms with E-state index < -0.39 is 0 Å². The molecular weight excluding hydrogens is 284 g/mol. The summed E-state index contributed by atoms with van der Waals surface area (Å²) in [5.74, 6) is 0.0376. The minimum atomic E-state index is 0.0376. The molecule has 23 heavy (non-hydrogen) atoms. The fraction of sp³-hybridized carbons (Fsp3) is 0.350. The molecule has 0 spiro atoms. The third-order valence-electron chi connectivity index (χ3n) is 3.98. The first kappa shape index (κ1) is 17.2. The number of carbonyl (C=O) groups excluding carboxylic acids is 1. The SMILES string of the molecule is Cc1cc(C)c(NC(=O)CN(C)CCc2ccccc2)c(C)c1. The molecule has 0 atom stereocenters. The minimum Gasteiger partial charge on any atom is -0.324 e. The number of aryl methyl sites for hydroxylation is 3. The van der Waals surface area contributed by atoms with Gasteiger partial charge in [-0.1, -0.05) is 48.0 Å². The zero-order chi connectivity index (χ0) is 16.8. The van der Waals surface area contributed by atoms with Crippen LogP contribution in [0.15, 0.2) is 42.5 Å². The maximum Gasteiger partial charge on any atom is 0.238 e. The molecule has 0 saturated carbocycles. The largest absolute Gasteiger partial charge is 0.324 e. The molecule has 2 aromatic rings. The van der Waals surface area contributed by atoms with Crippen molar-refractivity contribution in [2.75, 3.05) is 25.5 Å². The average molecular weight is 310 g/mol. The zero-order valence-electron chi connectivity index (χ0n) is 14.5. The van der Waals surface area contributed by atoms with E-state index in [4.69, 9.17) is 0 Å². The average Bonchev–Trinajstić information content (AvgIpc) is 2.50. The van der Waals surface area contributed by atoms with Crippen molar-refractivity contribution in [1.82, 2.24) is 4.90 Å². The van der Waals surface area contributed by atoms with E-state index in [1.165, 1.54) is 11.1 Å². The van der Waals surface area contributed by atoms with E-state index in [1.807, 2.05) is 39.1 Å². The molecule has 2 aromatic carbocycles. The summed E-state index contributed by atoms with van der Waals surface area (Å²) in [4.78, 5) is 14.3. The number of likely N-dealkylation sites (N-methyl/N-ethyl adjacent to an activating group) is 1. The third-order valence-corrected chi connectivity index (χ3v) is 3.98. The number of rotatable bonds is 6. The van der Waals surface area contributed by atoms with Crippen LogP contribution in [0.25, 0.3) is 0 Å². The second-order valence-electron chi connectivity index (χ2n) is 6.30. The van der Waals surface area contributed by atoms with Crippen molar-refractivity contribution >= 4 is 11.6 Å². The van der Waals surface area contributed by atoms with Crippen LogP contribution in [0.1, 0.15) is 22.3 Å². The third kappa shape index (κ3) is 5.22. The molecule has 0 aromatic heterocycles. The summed E-state index contributed by atoms with van der Waals surface area (Å²) in [6.07, 6.45) is 0.952. The van der Waals surface area contributed by atoms with Crippen molar-refractivity contribution in [3.8, 4) is 0 Å². The lowest BCUT2D eigenvalue weighted by Crippen LogP contribution is -2.32. The van der Waals surface area contributed by atoms with E-state index in [2.05, 4.69) is 41.4 Å². The molecule has 0 saturated heterocycles. The van der Waals surface area contributed by atoms with Crippen molar-refractivity contribution in [2.24, 2.45) is 0 Å². The van der Waals surface area contributed by atoms with Gasteiger partial charge in [-0.25, -0.2) is 0 Å².